The lowest BCUT2D eigenvalue weighted by atomic mass is 10.1. The maximum Gasteiger partial charge on any atom is 0.259 e. The normalized spacial score (nSPS) is 13.7. The van der Waals surface area contributed by atoms with Gasteiger partial charge in [0.1, 0.15) is 12.4 Å². The first-order valence-corrected chi connectivity index (χ1v) is 6.94. The van der Waals surface area contributed by atoms with Crippen LogP contribution >= 0.6 is 11.8 Å². The number of benzene rings is 1. The number of thioether (sulfide) groups is 1. The molecule has 1 aromatic carbocycles. The Hall–Kier alpha value is -1.82. The minimum atomic E-state index is -0.0227. The second-order valence-corrected chi connectivity index (χ2v) is 5.33. The molecular weight excluding hydrogens is 262 g/mol. The summed E-state index contributed by atoms with van der Waals surface area (Å²) in [4.78, 5) is 15.7. The number of nitrogens with zero attached hydrogens (tertiary/aromatic N) is 3. The van der Waals surface area contributed by atoms with Crippen LogP contribution in [0.15, 0.2) is 23.4 Å². The van der Waals surface area contributed by atoms with E-state index in [-0.39, 0.29) is 12.5 Å². The summed E-state index contributed by atoms with van der Waals surface area (Å²) >= 11 is 1.41. The second-order valence-electron chi connectivity index (χ2n) is 4.39. The Bertz CT molecular complexity index is 651. The van der Waals surface area contributed by atoms with E-state index in [0.717, 1.165) is 11.3 Å². The zero-order chi connectivity index (χ0) is 13.4. The third-order valence-electron chi connectivity index (χ3n) is 3.09. The zero-order valence-corrected chi connectivity index (χ0v) is 11.5. The second kappa shape index (κ2) is 4.70. The van der Waals surface area contributed by atoms with E-state index in [2.05, 4.69) is 10.1 Å². The summed E-state index contributed by atoms with van der Waals surface area (Å²) in [5.74, 6) is 1.77. The van der Waals surface area contributed by atoms with Gasteiger partial charge in [-0.3, -0.25) is 4.79 Å². The summed E-state index contributed by atoms with van der Waals surface area (Å²) in [5.41, 5.74) is 2.29. The predicted octanol–water partition coefficient (Wildman–Crippen LogP) is 2.22. The van der Waals surface area contributed by atoms with Crippen molar-refractivity contribution in [2.45, 2.75) is 25.6 Å². The van der Waals surface area contributed by atoms with Crippen LogP contribution in [-0.4, -0.2) is 26.4 Å². The van der Waals surface area contributed by atoms with E-state index in [1.807, 2.05) is 32.0 Å². The highest BCUT2D eigenvalue weighted by Gasteiger charge is 2.24. The lowest BCUT2D eigenvalue weighted by molar-refractivity contribution is 0.0922. The molecule has 3 rings (SSSR count). The molecule has 1 aromatic heterocycles. The molecule has 5 nitrogen and oxygen atoms in total. The molecule has 0 radical (unpaired) electrons. The van der Waals surface area contributed by atoms with Gasteiger partial charge < -0.3 is 4.74 Å². The third kappa shape index (κ3) is 2.23. The van der Waals surface area contributed by atoms with Crippen molar-refractivity contribution in [1.29, 1.82) is 0 Å². The average molecular weight is 275 g/mol. The van der Waals surface area contributed by atoms with Crippen LogP contribution in [0.2, 0.25) is 0 Å². The number of hydrogen-bond acceptors (Lipinski definition) is 5. The van der Waals surface area contributed by atoms with Crippen LogP contribution in [0.4, 0.5) is 0 Å². The molecule has 0 saturated heterocycles. The molecule has 0 fully saturated rings. The fraction of sp³-hybridized carbons (Fsp3) is 0.308. The van der Waals surface area contributed by atoms with Gasteiger partial charge in [0.15, 0.2) is 11.0 Å². The van der Waals surface area contributed by atoms with Gasteiger partial charge in [-0.25, -0.2) is 4.98 Å². The number of carbonyl (C=O) groups excluding carboxylic acids is 1. The van der Waals surface area contributed by atoms with Gasteiger partial charge in [-0.2, -0.15) is 4.68 Å². The van der Waals surface area contributed by atoms with Crippen LogP contribution in [0.25, 0.3) is 0 Å². The van der Waals surface area contributed by atoms with Gasteiger partial charge in [0.2, 0.25) is 0 Å². The fourth-order valence-electron chi connectivity index (χ4n) is 1.87. The van der Waals surface area contributed by atoms with Gasteiger partial charge in [-0.05, 0) is 31.0 Å². The monoisotopic (exact) mass is 275 g/mol. The van der Waals surface area contributed by atoms with E-state index >= 15 is 0 Å². The van der Waals surface area contributed by atoms with Crippen molar-refractivity contribution in [3.05, 3.63) is 35.2 Å². The Kier molecular flexibility index (Phi) is 3.02. The highest BCUT2D eigenvalue weighted by Crippen LogP contribution is 2.24. The average Bonchev–Trinajstić information content (AvgIpc) is 2.94. The Balaban J connectivity index is 1.75. The van der Waals surface area contributed by atoms with Gasteiger partial charge >= 0.3 is 0 Å². The van der Waals surface area contributed by atoms with Crippen molar-refractivity contribution in [2.24, 2.45) is 0 Å². The first-order chi connectivity index (χ1) is 9.15. The lowest BCUT2D eigenvalue weighted by Crippen LogP contribution is -2.09. The van der Waals surface area contributed by atoms with Crippen LogP contribution < -0.4 is 4.74 Å². The van der Waals surface area contributed by atoms with Crippen LogP contribution in [0.3, 0.4) is 0 Å². The molecule has 19 heavy (non-hydrogen) atoms. The highest BCUT2D eigenvalue weighted by molar-refractivity contribution is 8.00. The largest absolute Gasteiger partial charge is 0.485 e. The first kappa shape index (κ1) is 12.2. The van der Waals surface area contributed by atoms with Crippen molar-refractivity contribution in [3.63, 3.8) is 0 Å². The Labute approximate surface area is 115 Å². The molecule has 98 valence electrons. The van der Waals surface area contributed by atoms with E-state index in [9.17, 15) is 4.79 Å². The van der Waals surface area contributed by atoms with E-state index in [1.165, 1.54) is 22.0 Å². The summed E-state index contributed by atoms with van der Waals surface area (Å²) in [7, 11) is 0. The molecule has 0 amide bonds. The van der Waals surface area contributed by atoms with E-state index in [1.54, 1.807) is 0 Å². The molecule has 0 atom stereocenters. The van der Waals surface area contributed by atoms with Crippen LogP contribution in [0.1, 0.15) is 21.7 Å². The highest BCUT2D eigenvalue weighted by atomic mass is 32.2. The number of hydrogen-bond donors (Lipinski definition) is 0. The van der Waals surface area contributed by atoms with Crippen molar-refractivity contribution >= 4 is 17.7 Å². The number of aromatic nitrogens is 3. The minimum absolute atomic E-state index is 0.0227. The molecule has 0 aliphatic carbocycles. The smallest absolute Gasteiger partial charge is 0.259 e. The first-order valence-electron chi connectivity index (χ1n) is 5.96. The molecule has 2 aromatic rings. The quantitative estimate of drug-likeness (QED) is 0.859. The lowest BCUT2D eigenvalue weighted by Gasteiger charge is -2.08. The number of fused-ring (bicyclic) bond motifs is 1. The molecule has 2 heterocycles. The van der Waals surface area contributed by atoms with Gasteiger partial charge in [0.05, 0.1) is 5.75 Å². The Morgan fingerprint density at radius 3 is 3.05 bits per heavy atom. The van der Waals surface area contributed by atoms with Gasteiger partial charge in [0, 0.05) is 0 Å². The number of rotatable bonds is 3. The van der Waals surface area contributed by atoms with Gasteiger partial charge in [-0.15, -0.1) is 5.10 Å². The number of carbonyl (C=O) groups is 1. The molecule has 1 aliphatic rings. The van der Waals surface area contributed by atoms with Crippen LogP contribution in [0, 0.1) is 13.8 Å². The van der Waals surface area contributed by atoms with Crippen LogP contribution in [0.5, 0.6) is 5.75 Å². The Morgan fingerprint density at radius 2 is 2.26 bits per heavy atom. The van der Waals surface area contributed by atoms with Gasteiger partial charge in [0.25, 0.3) is 5.91 Å². The molecular formula is C13H13N3O2S. The third-order valence-corrected chi connectivity index (χ3v) is 4.01. The van der Waals surface area contributed by atoms with E-state index < -0.39 is 0 Å². The predicted molar refractivity (Wildman–Crippen MR) is 71.6 cm³/mol. The molecule has 0 unspecified atom stereocenters. The SMILES string of the molecule is Cc1cccc(OCc2nc3n(n2)C(=O)CS3)c1C. The molecule has 0 N–H and O–H groups in total. The minimum Gasteiger partial charge on any atom is -0.485 e. The summed E-state index contributed by atoms with van der Waals surface area (Å²) in [5, 5.41) is 4.81. The molecule has 0 bridgehead atoms. The van der Waals surface area contributed by atoms with E-state index in [4.69, 9.17) is 4.74 Å². The van der Waals surface area contributed by atoms with Crippen molar-refractivity contribution in [3.8, 4) is 5.75 Å². The van der Waals surface area contributed by atoms with Crippen molar-refractivity contribution in [1.82, 2.24) is 14.8 Å². The van der Waals surface area contributed by atoms with Crippen molar-refractivity contribution in [2.75, 3.05) is 5.75 Å². The maximum atomic E-state index is 11.5. The summed E-state index contributed by atoms with van der Waals surface area (Å²) in [6, 6.07) is 5.92. The fourth-order valence-corrected chi connectivity index (χ4v) is 2.68. The van der Waals surface area contributed by atoms with Gasteiger partial charge in [-0.1, -0.05) is 23.9 Å². The van der Waals surface area contributed by atoms with E-state index in [0.29, 0.717) is 16.7 Å². The summed E-state index contributed by atoms with van der Waals surface area (Å²) in [6.45, 7) is 4.34. The Morgan fingerprint density at radius 1 is 1.42 bits per heavy atom. The standard InChI is InChI=1S/C13H13N3O2S/c1-8-4-3-5-10(9(8)2)18-6-11-14-13-16(15-11)12(17)7-19-13/h3-5H,6-7H2,1-2H3. The molecule has 1 aliphatic heterocycles. The summed E-state index contributed by atoms with van der Waals surface area (Å²) < 4.78 is 7.07. The number of aryl methyl sites for hydroxylation is 1. The number of ether oxygens (including phenoxy) is 1. The molecule has 0 saturated carbocycles. The molecule has 6 heteroatoms. The van der Waals surface area contributed by atoms with Crippen molar-refractivity contribution < 1.29 is 9.53 Å². The zero-order valence-electron chi connectivity index (χ0n) is 10.7. The molecule has 0 spiro atoms. The summed E-state index contributed by atoms with van der Waals surface area (Å²) in [6.07, 6.45) is 0. The topological polar surface area (TPSA) is 57.0 Å². The van der Waals surface area contributed by atoms with Crippen LogP contribution in [-0.2, 0) is 6.61 Å². The maximum absolute atomic E-state index is 11.5.